The highest BCUT2D eigenvalue weighted by Gasteiger charge is 2.32. The molecule has 0 spiro atoms. The maximum atomic E-state index is 13.2. The Morgan fingerprint density at radius 3 is 2.30 bits per heavy atom. The monoisotopic (exact) mass is 413 g/mol. The van der Waals surface area contributed by atoms with Gasteiger partial charge < -0.3 is 5.32 Å². The van der Waals surface area contributed by atoms with Gasteiger partial charge in [0.25, 0.3) is 0 Å². The van der Waals surface area contributed by atoms with Crippen LogP contribution in [0.2, 0.25) is 0 Å². The molecule has 4 aromatic rings. The molecule has 0 radical (unpaired) electrons. The number of aromatic nitrogens is 4. The van der Waals surface area contributed by atoms with Gasteiger partial charge in [-0.2, -0.15) is 13.2 Å². The van der Waals surface area contributed by atoms with Gasteiger partial charge in [0.05, 0.1) is 11.4 Å². The maximum absolute atomic E-state index is 13.2. The van der Waals surface area contributed by atoms with Crippen molar-refractivity contribution in [1.29, 1.82) is 0 Å². The fourth-order valence-electron chi connectivity index (χ4n) is 2.98. The van der Waals surface area contributed by atoms with Crippen LogP contribution in [-0.4, -0.2) is 19.9 Å². The van der Waals surface area contributed by atoms with Crippen LogP contribution in [0.3, 0.4) is 0 Å². The summed E-state index contributed by atoms with van der Waals surface area (Å²) in [6, 6.07) is 9.79. The zero-order valence-corrected chi connectivity index (χ0v) is 15.7. The van der Waals surface area contributed by atoms with E-state index in [1.165, 1.54) is 30.7 Å². The van der Waals surface area contributed by atoms with Gasteiger partial charge in [-0.05, 0) is 42.3 Å². The van der Waals surface area contributed by atoms with Gasteiger partial charge in [-0.25, -0.2) is 19.3 Å². The predicted molar refractivity (Wildman–Crippen MR) is 104 cm³/mol. The van der Waals surface area contributed by atoms with Crippen molar-refractivity contribution in [2.24, 2.45) is 0 Å². The molecule has 9 heteroatoms. The molecule has 30 heavy (non-hydrogen) atoms. The van der Waals surface area contributed by atoms with Crippen LogP contribution in [0, 0.1) is 5.82 Å². The van der Waals surface area contributed by atoms with Crippen LogP contribution in [0.25, 0.3) is 22.2 Å². The minimum Gasteiger partial charge on any atom is -0.363 e. The van der Waals surface area contributed by atoms with Gasteiger partial charge in [-0.15, -0.1) is 0 Å². The van der Waals surface area contributed by atoms with E-state index in [0.717, 1.165) is 17.2 Å². The second-order valence-corrected chi connectivity index (χ2v) is 6.66. The molecule has 0 bridgehead atoms. The molecule has 152 valence electrons. The minimum absolute atomic E-state index is 0.336. The molecule has 5 nitrogen and oxygen atoms in total. The Morgan fingerprint density at radius 1 is 0.867 bits per heavy atom. The van der Waals surface area contributed by atoms with E-state index in [1.807, 2.05) is 6.07 Å². The number of alkyl halides is 3. The molecule has 0 amide bonds. The third kappa shape index (κ3) is 4.05. The van der Waals surface area contributed by atoms with Crippen LogP contribution in [0.15, 0.2) is 61.2 Å². The summed E-state index contributed by atoms with van der Waals surface area (Å²) < 4.78 is 51.4. The number of fused-ring (bicyclic) bond motifs is 1. The van der Waals surface area contributed by atoms with Gasteiger partial charge >= 0.3 is 6.18 Å². The highest BCUT2D eigenvalue weighted by molar-refractivity contribution is 5.89. The summed E-state index contributed by atoms with van der Waals surface area (Å²) in [5.41, 5.74) is 1.61. The highest BCUT2D eigenvalue weighted by Crippen LogP contribution is 2.30. The minimum atomic E-state index is -4.49. The number of nitrogens with zero attached hydrogens (tertiary/aromatic N) is 4. The molecule has 0 aliphatic carbocycles. The molecule has 3 heterocycles. The molecule has 0 aliphatic heterocycles. The lowest BCUT2D eigenvalue weighted by atomic mass is 10.1. The Balaban J connectivity index is 1.65. The van der Waals surface area contributed by atoms with E-state index in [0.29, 0.717) is 22.4 Å². The largest absolute Gasteiger partial charge is 0.433 e. The van der Waals surface area contributed by atoms with Gasteiger partial charge in [0.15, 0.2) is 5.65 Å². The Hall–Kier alpha value is -3.62. The van der Waals surface area contributed by atoms with Crippen LogP contribution >= 0.6 is 0 Å². The average molecular weight is 413 g/mol. The second-order valence-electron chi connectivity index (χ2n) is 6.66. The van der Waals surface area contributed by atoms with Crippen LogP contribution in [0.4, 0.5) is 23.4 Å². The summed E-state index contributed by atoms with van der Waals surface area (Å²) >= 11 is 0. The lowest BCUT2D eigenvalue weighted by Gasteiger charge is -2.16. The lowest BCUT2D eigenvalue weighted by molar-refractivity contribution is -0.141. The zero-order valence-electron chi connectivity index (χ0n) is 15.7. The molecule has 0 aliphatic rings. The summed E-state index contributed by atoms with van der Waals surface area (Å²) in [7, 11) is 0. The smallest absolute Gasteiger partial charge is 0.363 e. The van der Waals surface area contributed by atoms with E-state index < -0.39 is 11.9 Å². The summed E-state index contributed by atoms with van der Waals surface area (Å²) in [6.07, 6.45) is -0.310. The molecule has 0 saturated heterocycles. The van der Waals surface area contributed by atoms with E-state index in [1.54, 1.807) is 25.3 Å². The number of hydrogen-bond donors (Lipinski definition) is 1. The highest BCUT2D eigenvalue weighted by atomic mass is 19.4. The topological polar surface area (TPSA) is 63.6 Å². The van der Waals surface area contributed by atoms with Gasteiger partial charge in [0.2, 0.25) is 0 Å². The van der Waals surface area contributed by atoms with Crippen LogP contribution < -0.4 is 5.32 Å². The number of benzene rings is 1. The molecular formula is C21H15F4N5. The number of rotatable bonds is 4. The molecular weight excluding hydrogens is 398 g/mol. The third-order valence-corrected chi connectivity index (χ3v) is 4.60. The zero-order chi connectivity index (χ0) is 21.3. The quantitative estimate of drug-likeness (QED) is 0.453. The molecule has 1 aromatic carbocycles. The molecule has 0 saturated carbocycles. The van der Waals surface area contributed by atoms with Crippen molar-refractivity contribution in [3.63, 3.8) is 0 Å². The first-order valence-corrected chi connectivity index (χ1v) is 8.97. The van der Waals surface area contributed by atoms with E-state index in [2.05, 4.69) is 25.3 Å². The van der Waals surface area contributed by atoms with Crippen molar-refractivity contribution in [1.82, 2.24) is 19.9 Å². The first-order chi connectivity index (χ1) is 14.3. The summed E-state index contributed by atoms with van der Waals surface area (Å²) in [5.74, 6) is 0.140. The number of halogens is 4. The van der Waals surface area contributed by atoms with Gasteiger partial charge in [0, 0.05) is 18.0 Å². The maximum Gasteiger partial charge on any atom is 0.433 e. The van der Waals surface area contributed by atoms with Crippen molar-refractivity contribution in [2.75, 3.05) is 5.32 Å². The summed E-state index contributed by atoms with van der Waals surface area (Å²) in [4.78, 5) is 16.2. The van der Waals surface area contributed by atoms with Crippen molar-refractivity contribution in [2.45, 2.75) is 19.1 Å². The average Bonchev–Trinajstić information content (AvgIpc) is 2.74. The number of hydrogen-bond acceptors (Lipinski definition) is 5. The van der Waals surface area contributed by atoms with Crippen molar-refractivity contribution in [3.05, 3.63) is 78.3 Å². The first kappa shape index (κ1) is 19.7. The van der Waals surface area contributed by atoms with E-state index in [-0.39, 0.29) is 11.9 Å². The van der Waals surface area contributed by atoms with Gasteiger partial charge in [0.1, 0.15) is 23.7 Å². The molecule has 1 N–H and O–H groups in total. The fourth-order valence-corrected chi connectivity index (χ4v) is 2.98. The fraction of sp³-hybridized carbons (Fsp3) is 0.143. The standard InChI is InChI=1S/C21H15F4N5/c1-12(14-4-7-18(26-9-14)21(23,24)25)30-20-17-8-15(10-27-19(17)28-11-29-20)13-2-5-16(22)6-3-13/h2-12H,1H3,(H,27,28,29,30)/t12-/m1/s1. The van der Waals surface area contributed by atoms with E-state index >= 15 is 0 Å². The molecule has 4 rings (SSSR count). The Kier molecular flexibility index (Phi) is 5.03. The van der Waals surface area contributed by atoms with Crippen molar-refractivity contribution in [3.8, 4) is 11.1 Å². The molecule has 3 aromatic heterocycles. The molecule has 1 atom stereocenters. The number of anilines is 1. The van der Waals surface area contributed by atoms with Gasteiger partial charge in [-0.1, -0.05) is 18.2 Å². The summed E-state index contributed by atoms with van der Waals surface area (Å²) in [6.45, 7) is 1.79. The third-order valence-electron chi connectivity index (χ3n) is 4.60. The first-order valence-electron chi connectivity index (χ1n) is 8.97. The predicted octanol–water partition coefficient (Wildman–Crippen LogP) is 5.42. The molecule has 0 fully saturated rings. The SMILES string of the molecule is C[C@@H](Nc1ncnc2ncc(-c3ccc(F)cc3)cc12)c1ccc(C(F)(F)F)nc1. The second kappa shape index (κ2) is 7.66. The molecule has 0 unspecified atom stereocenters. The Bertz CT molecular complexity index is 1170. The van der Waals surface area contributed by atoms with Gasteiger partial charge in [-0.3, -0.25) is 4.98 Å². The van der Waals surface area contributed by atoms with Crippen LogP contribution in [-0.2, 0) is 6.18 Å². The van der Waals surface area contributed by atoms with Crippen molar-refractivity contribution >= 4 is 16.9 Å². The number of pyridine rings is 2. The van der Waals surface area contributed by atoms with E-state index in [4.69, 9.17) is 0 Å². The normalized spacial score (nSPS) is 12.7. The van der Waals surface area contributed by atoms with Crippen molar-refractivity contribution < 1.29 is 17.6 Å². The van der Waals surface area contributed by atoms with Crippen LogP contribution in [0.5, 0.6) is 0 Å². The van der Waals surface area contributed by atoms with E-state index in [9.17, 15) is 17.6 Å². The van der Waals surface area contributed by atoms with Crippen LogP contribution in [0.1, 0.15) is 24.2 Å². The number of nitrogens with one attached hydrogen (secondary N) is 1. The summed E-state index contributed by atoms with van der Waals surface area (Å²) in [5, 5.41) is 3.81. The lowest BCUT2D eigenvalue weighted by Crippen LogP contribution is -2.12. The Labute approximate surface area is 168 Å². The Morgan fingerprint density at radius 2 is 1.63 bits per heavy atom.